The van der Waals surface area contributed by atoms with Crippen molar-refractivity contribution in [3.8, 4) is 0 Å². The van der Waals surface area contributed by atoms with Gasteiger partial charge in [-0.3, -0.25) is 14.4 Å². The van der Waals surface area contributed by atoms with E-state index < -0.39 is 11.9 Å². The molecule has 1 saturated heterocycles. The van der Waals surface area contributed by atoms with Crippen LogP contribution in [0.4, 0.5) is 0 Å². The Labute approximate surface area is 158 Å². The van der Waals surface area contributed by atoms with Gasteiger partial charge >= 0.3 is 5.97 Å². The molecule has 1 aromatic rings. The smallest absolute Gasteiger partial charge is 0.306 e. The molecule has 6 heteroatoms. The lowest BCUT2D eigenvalue weighted by molar-refractivity contribution is -0.145. The minimum atomic E-state index is -0.797. The van der Waals surface area contributed by atoms with Crippen LogP contribution in [0.2, 0.25) is 5.02 Å². The summed E-state index contributed by atoms with van der Waals surface area (Å²) in [7, 11) is 0. The third kappa shape index (κ3) is 4.26. The number of hydrogen-bond acceptors (Lipinski definition) is 3. The highest BCUT2D eigenvalue weighted by Crippen LogP contribution is 2.32. The Bertz CT molecular complexity index is 680. The molecule has 5 nitrogen and oxygen atoms in total. The molecule has 1 aliphatic heterocycles. The minimum Gasteiger partial charge on any atom is -0.481 e. The van der Waals surface area contributed by atoms with Crippen LogP contribution < -0.4 is 0 Å². The molecule has 2 fully saturated rings. The van der Waals surface area contributed by atoms with Crippen molar-refractivity contribution < 1.29 is 19.5 Å². The first kappa shape index (κ1) is 18.9. The molecule has 26 heavy (non-hydrogen) atoms. The predicted molar refractivity (Wildman–Crippen MR) is 98.2 cm³/mol. The van der Waals surface area contributed by atoms with E-state index in [1.54, 1.807) is 24.3 Å². The van der Waals surface area contributed by atoms with Gasteiger partial charge in [-0.2, -0.15) is 0 Å². The summed E-state index contributed by atoms with van der Waals surface area (Å²) in [6, 6.07) is 6.93. The third-order valence-electron chi connectivity index (χ3n) is 5.68. The molecular weight excluding hydrogens is 354 g/mol. The lowest BCUT2D eigenvalue weighted by atomic mass is 9.80. The number of rotatable bonds is 4. The number of nitrogens with zero attached hydrogens (tertiary/aromatic N) is 1. The van der Waals surface area contributed by atoms with Gasteiger partial charge in [0.15, 0.2) is 5.78 Å². The SMILES string of the molecule is O=C(O)C1CCCC(C(=O)N2CCC(C(=O)c3ccc(Cl)cc3)CC2)C1. The monoisotopic (exact) mass is 377 g/mol. The van der Waals surface area contributed by atoms with E-state index in [-0.39, 0.29) is 23.5 Å². The molecule has 1 aliphatic carbocycles. The van der Waals surface area contributed by atoms with Gasteiger partial charge in [0.25, 0.3) is 0 Å². The number of benzene rings is 1. The number of Topliss-reactive ketones (excluding diaryl/α,β-unsaturated/α-hetero) is 1. The van der Waals surface area contributed by atoms with Crippen LogP contribution in [0.15, 0.2) is 24.3 Å². The molecule has 1 amide bonds. The Morgan fingerprint density at radius 1 is 0.923 bits per heavy atom. The highest BCUT2D eigenvalue weighted by Gasteiger charge is 2.35. The topological polar surface area (TPSA) is 74.7 Å². The van der Waals surface area contributed by atoms with Crippen molar-refractivity contribution in [1.29, 1.82) is 0 Å². The molecule has 0 spiro atoms. The second kappa shape index (κ2) is 8.21. The number of carbonyl (C=O) groups excluding carboxylic acids is 2. The Morgan fingerprint density at radius 3 is 2.15 bits per heavy atom. The number of ketones is 1. The van der Waals surface area contributed by atoms with Crippen LogP contribution in [0.25, 0.3) is 0 Å². The van der Waals surface area contributed by atoms with Gasteiger partial charge in [0, 0.05) is 35.5 Å². The molecule has 2 atom stereocenters. The quantitative estimate of drug-likeness (QED) is 0.812. The fourth-order valence-corrected chi connectivity index (χ4v) is 4.23. The molecule has 0 aromatic heterocycles. The van der Waals surface area contributed by atoms with Crippen LogP contribution in [0.3, 0.4) is 0 Å². The maximum atomic E-state index is 12.7. The van der Waals surface area contributed by atoms with Crippen LogP contribution in [0, 0.1) is 17.8 Å². The number of halogens is 1. The average molecular weight is 378 g/mol. The summed E-state index contributed by atoms with van der Waals surface area (Å²) in [5, 5.41) is 9.80. The fraction of sp³-hybridized carbons (Fsp3) is 0.550. The fourth-order valence-electron chi connectivity index (χ4n) is 4.11. The zero-order valence-electron chi connectivity index (χ0n) is 14.7. The summed E-state index contributed by atoms with van der Waals surface area (Å²) in [6.07, 6.45) is 3.98. The number of carboxylic acid groups (broad SMARTS) is 1. The highest BCUT2D eigenvalue weighted by atomic mass is 35.5. The molecule has 0 bridgehead atoms. The lowest BCUT2D eigenvalue weighted by Crippen LogP contribution is -2.44. The Kier molecular flexibility index (Phi) is 5.97. The minimum absolute atomic E-state index is 0.0633. The van der Waals surface area contributed by atoms with Crippen LogP contribution in [0.1, 0.15) is 48.9 Å². The summed E-state index contributed by atoms with van der Waals surface area (Å²) in [5.41, 5.74) is 0.663. The van der Waals surface area contributed by atoms with Crippen LogP contribution in [0.5, 0.6) is 0 Å². The van der Waals surface area contributed by atoms with Gasteiger partial charge in [0.05, 0.1) is 5.92 Å². The van der Waals surface area contributed by atoms with E-state index in [1.807, 2.05) is 4.90 Å². The van der Waals surface area contributed by atoms with Gasteiger partial charge in [-0.05, 0) is 56.4 Å². The normalized spacial score (nSPS) is 24.3. The largest absolute Gasteiger partial charge is 0.481 e. The molecular formula is C20H24ClNO4. The average Bonchev–Trinajstić information content (AvgIpc) is 2.67. The van der Waals surface area contributed by atoms with Crippen molar-refractivity contribution in [2.24, 2.45) is 17.8 Å². The zero-order chi connectivity index (χ0) is 18.7. The van der Waals surface area contributed by atoms with E-state index in [1.165, 1.54) is 0 Å². The molecule has 1 saturated carbocycles. The Morgan fingerprint density at radius 2 is 1.54 bits per heavy atom. The molecule has 2 aliphatic rings. The standard InChI is InChI=1S/C20H24ClNO4/c21-17-6-4-13(5-7-17)18(23)14-8-10-22(11-9-14)19(24)15-2-1-3-16(12-15)20(25)26/h4-7,14-16H,1-3,8-12H2,(H,25,26). The third-order valence-corrected chi connectivity index (χ3v) is 5.93. The van der Waals surface area contributed by atoms with Crippen molar-refractivity contribution in [1.82, 2.24) is 4.90 Å². The number of aliphatic carboxylic acids is 1. The van der Waals surface area contributed by atoms with Crippen molar-refractivity contribution >= 4 is 29.3 Å². The van der Waals surface area contributed by atoms with Crippen molar-refractivity contribution in [2.75, 3.05) is 13.1 Å². The van der Waals surface area contributed by atoms with Crippen LogP contribution in [-0.4, -0.2) is 40.8 Å². The number of piperidine rings is 1. The van der Waals surface area contributed by atoms with Gasteiger partial charge in [0.1, 0.15) is 0 Å². The van der Waals surface area contributed by atoms with E-state index >= 15 is 0 Å². The second-order valence-electron chi connectivity index (χ2n) is 7.37. The first-order chi connectivity index (χ1) is 12.5. The van der Waals surface area contributed by atoms with Crippen molar-refractivity contribution in [3.05, 3.63) is 34.9 Å². The van der Waals surface area contributed by atoms with Gasteiger partial charge < -0.3 is 10.0 Å². The van der Waals surface area contributed by atoms with Crippen LogP contribution >= 0.6 is 11.6 Å². The van der Waals surface area contributed by atoms with Gasteiger partial charge in [-0.1, -0.05) is 18.0 Å². The Hall–Kier alpha value is -1.88. The molecule has 0 radical (unpaired) electrons. The summed E-state index contributed by atoms with van der Waals surface area (Å²) >= 11 is 5.87. The number of carbonyl (C=O) groups is 3. The van der Waals surface area contributed by atoms with Gasteiger partial charge in [0.2, 0.25) is 5.91 Å². The zero-order valence-corrected chi connectivity index (χ0v) is 15.5. The predicted octanol–water partition coefficient (Wildman–Crippen LogP) is 3.65. The maximum Gasteiger partial charge on any atom is 0.306 e. The molecule has 1 N–H and O–H groups in total. The van der Waals surface area contributed by atoms with Crippen LogP contribution in [-0.2, 0) is 9.59 Å². The van der Waals surface area contributed by atoms with Gasteiger partial charge in [-0.25, -0.2) is 0 Å². The van der Waals surface area contributed by atoms with E-state index in [0.717, 1.165) is 12.8 Å². The van der Waals surface area contributed by atoms with E-state index in [2.05, 4.69) is 0 Å². The molecule has 140 valence electrons. The lowest BCUT2D eigenvalue weighted by Gasteiger charge is -2.35. The van der Waals surface area contributed by atoms with Gasteiger partial charge in [-0.15, -0.1) is 0 Å². The van der Waals surface area contributed by atoms with E-state index in [9.17, 15) is 19.5 Å². The number of likely N-dealkylation sites (tertiary alicyclic amines) is 1. The van der Waals surface area contributed by atoms with Crippen molar-refractivity contribution in [3.63, 3.8) is 0 Å². The summed E-state index contributed by atoms with van der Waals surface area (Å²) in [5.74, 6) is -1.28. The highest BCUT2D eigenvalue weighted by molar-refractivity contribution is 6.30. The second-order valence-corrected chi connectivity index (χ2v) is 7.81. The molecule has 2 unspecified atom stereocenters. The molecule has 3 rings (SSSR count). The van der Waals surface area contributed by atoms with E-state index in [4.69, 9.17) is 11.6 Å². The Balaban J connectivity index is 1.54. The molecule has 1 heterocycles. The maximum absolute atomic E-state index is 12.7. The first-order valence-electron chi connectivity index (χ1n) is 9.27. The summed E-state index contributed by atoms with van der Waals surface area (Å²) in [6.45, 7) is 1.13. The first-order valence-corrected chi connectivity index (χ1v) is 9.65. The molecule has 1 aromatic carbocycles. The number of hydrogen-bond donors (Lipinski definition) is 1. The summed E-state index contributed by atoms with van der Waals surface area (Å²) in [4.78, 5) is 38.4. The summed E-state index contributed by atoms with van der Waals surface area (Å²) < 4.78 is 0. The number of carboxylic acids is 1. The van der Waals surface area contributed by atoms with E-state index in [0.29, 0.717) is 49.4 Å². The number of amides is 1. The van der Waals surface area contributed by atoms with Crippen molar-refractivity contribution in [2.45, 2.75) is 38.5 Å².